The van der Waals surface area contributed by atoms with Gasteiger partial charge in [0.25, 0.3) is 0 Å². The van der Waals surface area contributed by atoms with Crippen LogP contribution in [0.3, 0.4) is 0 Å². The normalized spacial score (nSPS) is 13.4. The Morgan fingerprint density at radius 1 is 1.29 bits per heavy atom. The molecule has 3 rings (SSSR count). The van der Waals surface area contributed by atoms with Crippen LogP contribution in [0.2, 0.25) is 5.02 Å². The SMILES string of the molecule is O=C(Cc1c(F)cccc1Cl)c1ccc2c(c1)CCCO2. The lowest BCUT2D eigenvalue weighted by Crippen LogP contribution is -2.11. The first kappa shape index (κ1) is 14.1. The molecule has 2 aromatic carbocycles. The third-order valence-electron chi connectivity index (χ3n) is 3.63. The summed E-state index contributed by atoms with van der Waals surface area (Å²) in [6, 6.07) is 9.81. The maximum Gasteiger partial charge on any atom is 0.167 e. The Balaban J connectivity index is 1.86. The van der Waals surface area contributed by atoms with Crippen molar-refractivity contribution in [3.63, 3.8) is 0 Å². The molecule has 0 saturated carbocycles. The highest BCUT2D eigenvalue weighted by Gasteiger charge is 2.16. The van der Waals surface area contributed by atoms with Crippen LogP contribution in [0.1, 0.15) is 27.9 Å². The van der Waals surface area contributed by atoms with Gasteiger partial charge in [0.15, 0.2) is 5.78 Å². The number of fused-ring (bicyclic) bond motifs is 1. The lowest BCUT2D eigenvalue weighted by atomic mass is 9.98. The van der Waals surface area contributed by atoms with Crippen LogP contribution < -0.4 is 4.74 Å². The predicted octanol–water partition coefficient (Wildman–Crippen LogP) is 4.23. The van der Waals surface area contributed by atoms with Gasteiger partial charge in [-0.15, -0.1) is 0 Å². The fourth-order valence-corrected chi connectivity index (χ4v) is 2.73. The van der Waals surface area contributed by atoms with Crippen molar-refractivity contribution in [2.75, 3.05) is 6.61 Å². The summed E-state index contributed by atoms with van der Waals surface area (Å²) in [5, 5.41) is 0.282. The number of carbonyl (C=O) groups is 1. The Bertz CT molecular complexity index is 677. The number of aryl methyl sites for hydroxylation is 1. The van der Waals surface area contributed by atoms with E-state index in [-0.39, 0.29) is 22.8 Å². The fourth-order valence-electron chi connectivity index (χ4n) is 2.50. The van der Waals surface area contributed by atoms with Gasteiger partial charge in [0, 0.05) is 22.6 Å². The van der Waals surface area contributed by atoms with Gasteiger partial charge in [-0.25, -0.2) is 4.39 Å². The molecular weight excluding hydrogens is 291 g/mol. The molecule has 1 heterocycles. The smallest absolute Gasteiger partial charge is 0.167 e. The molecule has 0 bridgehead atoms. The molecule has 0 saturated heterocycles. The topological polar surface area (TPSA) is 26.3 Å². The molecule has 21 heavy (non-hydrogen) atoms. The molecule has 1 aliphatic heterocycles. The molecule has 2 nitrogen and oxygen atoms in total. The number of hydrogen-bond donors (Lipinski definition) is 0. The Morgan fingerprint density at radius 3 is 2.95 bits per heavy atom. The Kier molecular flexibility index (Phi) is 3.93. The van der Waals surface area contributed by atoms with E-state index in [9.17, 15) is 9.18 Å². The maximum absolute atomic E-state index is 13.7. The van der Waals surface area contributed by atoms with Gasteiger partial charge < -0.3 is 4.74 Å². The van der Waals surface area contributed by atoms with Gasteiger partial charge in [-0.3, -0.25) is 4.79 Å². The zero-order chi connectivity index (χ0) is 14.8. The molecule has 108 valence electrons. The van der Waals surface area contributed by atoms with E-state index in [1.54, 1.807) is 12.1 Å². The van der Waals surface area contributed by atoms with E-state index < -0.39 is 5.82 Å². The van der Waals surface area contributed by atoms with Crippen molar-refractivity contribution in [2.45, 2.75) is 19.3 Å². The third kappa shape index (κ3) is 2.93. The molecule has 0 fully saturated rings. The summed E-state index contributed by atoms with van der Waals surface area (Å²) in [5.41, 5.74) is 1.85. The fraction of sp³-hybridized carbons (Fsp3) is 0.235. The lowest BCUT2D eigenvalue weighted by Gasteiger charge is -2.17. The molecule has 0 atom stereocenters. The number of ether oxygens (including phenoxy) is 1. The van der Waals surface area contributed by atoms with E-state index in [0.29, 0.717) is 12.2 Å². The second kappa shape index (κ2) is 5.86. The molecule has 0 aromatic heterocycles. The van der Waals surface area contributed by atoms with Crippen LogP contribution in [-0.2, 0) is 12.8 Å². The first-order valence-electron chi connectivity index (χ1n) is 6.87. The van der Waals surface area contributed by atoms with Crippen molar-refractivity contribution >= 4 is 17.4 Å². The highest BCUT2D eigenvalue weighted by Crippen LogP contribution is 2.27. The van der Waals surface area contributed by atoms with Crippen LogP contribution in [0, 0.1) is 5.82 Å². The minimum Gasteiger partial charge on any atom is -0.493 e. The molecule has 0 aliphatic carbocycles. The van der Waals surface area contributed by atoms with Gasteiger partial charge in [0.05, 0.1) is 6.61 Å². The zero-order valence-electron chi connectivity index (χ0n) is 11.4. The van der Waals surface area contributed by atoms with E-state index in [4.69, 9.17) is 16.3 Å². The van der Waals surface area contributed by atoms with Crippen LogP contribution in [0.5, 0.6) is 5.75 Å². The Morgan fingerprint density at radius 2 is 2.14 bits per heavy atom. The van der Waals surface area contributed by atoms with E-state index in [2.05, 4.69) is 0 Å². The van der Waals surface area contributed by atoms with Gasteiger partial charge in [0.1, 0.15) is 11.6 Å². The summed E-state index contributed by atoms with van der Waals surface area (Å²) in [6.45, 7) is 0.713. The van der Waals surface area contributed by atoms with Gasteiger partial charge in [-0.2, -0.15) is 0 Å². The number of hydrogen-bond acceptors (Lipinski definition) is 2. The summed E-state index contributed by atoms with van der Waals surface area (Å²) < 4.78 is 19.3. The second-order valence-corrected chi connectivity index (χ2v) is 5.48. The monoisotopic (exact) mass is 304 g/mol. The number of rotatable bonds is 3. The van der Waals surface area contributed by atoms with Crippen molar-refractivity contribution in [3.8, 4) is 5.75 Å². The largest absolute Gasteiger partial charge is 0.493 e. The third-order valence-corrected chi connectivity index (χ3v) is 3.98. The number of carbonyl (C=O) groups excluding carboxylic acids is 1. The average molecular weight is 305 g/mol. The van der Waals surface area contributed by atoms with Crippen LogP contribution in [0.25, 0.3) is 0 Å². The van der Waals surface area contributed by atoms with Crippen LogP contribution in [0.4, 0.5) is 4.39 Å². The summed E-state index contributed by atoms with van der Waals surface area (Å²) in [4.78, 5) is 12.3. The second-order valence-electron chi connectivity index (χ2n) is 5.07. The summed E-state index contributed by atoms with van der Waals surface area (Å²) >= 11 is 5.96. The van der Waals surface area contributed by atoms with Crippen molar-refractivity contribution in [3.05, 3.63) is 63.9 Å². The van der Waals surface area contributed by atoms with Crippen molar-refractivity contribution < 1.29 is 13.9 Å². The van der Waals surface area contributed by atoms with E-state index in [1.807, 2.05) is 12.1 Å². The number of halogens is 2. The highest BCUT2D eigenvalue weighted by molar-refractivity contribution is 6.31. The molecule has 0 amide bonds. The molecule has 0 N–H and O–H groups in total. The van der Waals surface area contributed by atoms with E-state index >= 15 is 0 Å². The zero-order valence-corrected chi connectivity index (χ0v) is 12.1. The predicted molar refractivity (Wildman–Crippen MR) is 79.7 cm³/mol. The van der Waals surface area contributed by atoms with Crippen LogP contribution in [0.15, 0.2) is 36.4 Å². The average Bonchev–Trinajstić information content (AvgIpc) is 2.50. The standard InChI is InChI=1S/C17H14ClFO2/c18-14-4-1-5-15(19)13(14)10-16(20)11-6-7-17-12(9-11)3-2-8-21-17/h1,4-7,9H,2-3,8,10H2. The van der Waals surface area contributed by atoms with E-state index in [1.165, 1.54) is 12.1 Å². The minimum atomic E-state index is -0.447. The minimum absolute atomic E-state index is 0.0366. The molecule has 2 aromatic rings. The highest BCUT2D eigenvalue weighted by atomic mass is 35.5. The molecule has 0 radical (unpaired) electrons. The molecular formula is C17H14ClFO2. The lowest BCUT2D eigenvalue weighted by molar-refractivity contribution is 0.0991. The first-order valence-corrected chi connectivity index (χ1v) is 7.25. The van der Waals surface area contributed by atoms with Crippen LogP contribution in [-0.4, -0.2) is 12.4 Å². The Labute approximate surface area is 127 Å². The molecule has 4 heteroatoms. The quantitative estimate of drug-likeness (QED) is 0.793. The van der Waals surface area contributed by atoms with Gasteiger partial charge >= 0.3 is 0 Å². The summed E-state index contributed by atoms with van der Waals surface area (Å²) in [7, 11) is 0. The number of ketones is 1. The first-order chi connectivity index (χ1) is 10.1. The summed E-state index contributed by atoms with van der Waals surface area (Å²) in [5.74, 6) is 0.245. The summed E-state index contributed by atoms with van der Waals surface area (Å²) in [6.07, 6.45) is 1.81. The number of benzene rings is 2. The van der Waals surface area contributed by atoms with Crippen LogP contribution >= 0.6 is 11.6 Å². The molecule has 1 aliphatic rings. The van der Waals surface area contributed by atoms with Crippen molar-refractivity contribution in [1.82, 2.24) is 0 Å². The van der Waals surface area contributed by atoms with E-state index in [0.717, 1.165) is 24.2 Å². The number of Topliss-reactive ketones (excluding diaryl/α,β-unsaturated/α-hetero) is 1. The molecule has 0 unspecified atom stereocenters. The molecule has 0 spiro atoms. The van der Waals surface area contributed by atoms with Gasteiger partial charge in [-0.1, -0.05) is 17.7 Å². The van der Waals surface area contributed by atoms with Gasteiger partial charge in [0.2, 0.25) is 0 Å². The van der Waals surface area contributed by atoms with Crippen molar-refractivity contribution in [1.29, 1.82) is 0 Å². The van der Waals surface area contributed by atoms with Crippen molar-refractivity contribution in [2.24, 2.45) is 0 Å². The van der Waals surface area contributed by atoms with Gasteiger partial charge in [-0.05, 0) is 48.7 Å². The Hall–Kier alpha value is -1.87. The maximum atomic E-state index is 13.7.